The van der Waals surface area contributed by atoms with Crippen LogP contribution in [0.15, 0.2) is 17.5 Å². The van der Waals surface area contributed by atoms with Gasteiger partial charge in [0.1, 0.15) is 6.04 Å². The van der Waals surface area contributed by atoms with Crippen molar-refractivity contribution in [2.45, 2.75) is 59.5 Å². The van der Waals surface area contributed by atoms with Crippen molar-refractivity contribution in [2.24, 2.45) is 11.8 Å². The van der Waals surface area contributed by atoms with Crippen LogP contribution in [-0.4, -0.2) is 23.9 Å². The zero-order valence-electron chi connectivity index (χ0n) is 14.2. The van der Waals surface area contributed by atoms with Gasteiger partial charge >= 0.3 is 0 Å². The van der Waals surface area contributed by atoms with Crippen LogP contribution >= 0.6 is 11.3 Å². The Balaban J connectivity index is 2.58. The SMILES string of the molecule is CC(C)CCC(C)NC(=O)C(NC(=O)c1cccs1)C(C)C. The predicted octanol–water partition coefficient (Wildman–Crippen LogP) is 3.44. The maximum atomic E-state index is 12.4. The quantitative estimate of drug-likeness (QED) is 0.769. The normalized spacial score (nSPS) is 14.0. The zero-order chi connectivity index (χ0) is 16.7. The molecule has 0 saturated heterocycles. The van der Waals surface area contributed by atoms with Crippen molar-refractivity contribution in [3.63, 3.8) is 0 Å². The van der Waals surface area contributed by atoms with Gasteiger partial charge in [-0.2, -0.15) is 0 Å². The van der Waals surface area contributed by atoms with Gasteiger partial charge in [-0.25, -0.2) is 0 Å². The maximum Gasteiger partial charge on any atom is 0.262 e. The summed E-state index contributed by atoms with van der Waals surface area (Å²) in [7, 11) is 0. The lowest BCUT2D eigenvalue weighted by Gasteiger charge is -2.24. The molecule has 0 aliphatic rings. The van der Waals surface area contributed by atoms with Crippen molar-refractivity contribution in [2.75, 3.05) is 0 Å². The van der Waals surface area contributed by atoms with E-state index in [1.165, 1.54) is 11.3 Å². The summed E-state index contributed by atoms with van der Waals surface area (Å²) in [6.07, 6.45) is 2.03. The van der Waals surface area contributed by atoms with Crippen LogP contribution in [0.2, 0.25) is 0 Å². The summed E-state index contributed by atoms with van der Waals surface area (Å²) >= 11 is 1.38. The molecule has 2 N–H and O–H groups in total. The van der Waals surface area contributed by atoms with Crippen LogP contribution in [0.5, 0.6) is 0 Å². The molecule has 2 amide bonds. The molecule has 0 fully saturated rings. The first-order valence-corrected chi connectivity index (χ1v) is 8.84. The zero-order valence-corrected chi connectivity index (χ0v) is 15.0. The van der Waals surface area contributed by atoms with Crippen molar-refractivity contribution in [1.82, 2.24) is 10.6 Å². The van der Waals surface area contributed by atoms with Gasteiger partial charge in [-0.15, -0.1) is 11.3 Å². The number of carbonyl (C=O) groups excluding carboxylic acids is 2. The molecule has 0 spiro atoms. The molecule has 0 aliphatic heterocycles. The highest BCUT2D eigenvalue weighted by Crippen LogP contribution is 2.11. The number of nitrogens with one attached hydrogen (secondary N) is 2. The van der Waals surface area contributed by atoms with E-state index in [9.17, 15) is 9.59 Å². The van der Waals surface area contributed by atoms with Gasteiger partial charge in [0, 0.05) is 6.04 Å². The van der Waals surface area contributed by atoms with E-state index in [1.807, 2.05) is 32.2 Å². The Morgan fingerprint density at radius 1 is 1.09 bits per heavy atom. The van der Waals surface area contributed by atoms with Gasteiger partial charge in [-0.05, 0) is 43.0 Å². The summed E-state index contributed by atoms with van der Waals surface area (Å²) < 4.78 is 0. The summed E-state index contributed by atoms with van der Waals surface area (Å²) in [5.41, 5.74) is 0. The first-order chi connectivity index (χ1) is 10.3. The smallest absolute Gasteiger partial charge is 0.262 e. The van der Waals surface area contributed by atoms with Crippen LogP contribution in [0.1, 0.15) is 57.1 Å². The molecule has 0 radical (unpaired) electrons. The summed E-state index contributed by atoms with van der Waals surface area (Å²) in [5, 5.41) is 7.72. The molecule has 2 unspecified atom stereocenters. The number of hydrogen-bond donors (Lipinski definition) is 2. The lowest BCUT2D eigenvalue weighted by atomic mass is 10.0. The van der Waals surface area contributed by atoms with Crippen molar-refractivity contribution in [3.05, 3.63) is 22.4 Å². The lowest BCUT2D eigenvalue weighted by Crippen LogP contribution is -2.51. The van der Waals surface area contributed by atoms with Crippen molar-refractivity contribution in [3.8, 4) is 0 Å². The van der Waals surface area contributed by atoms with E-state index in [0.717, 1.165) is 12.8 Å². The standard InChI is InChI=1S/C17H28N2O2S/c1-11(2)8-9-13(5)18-17(21)15(12(3)4)19-16(20)14-7-6-10-22-14/h6-7,10-13,15H,8-9H2,1-5H3,(H,18,21)(H,19,20). The summed E-state index contributed by atoms with van der Waals surface area (Å²) in [4.78, 5) is 25.2. The van der Waals surface area contributed by atoms with E-state index in [2.05, 4.69) is 24.5 Å². The molecule has 0 bridgehead atoms. The minimum atomic E-state index is -0.504. The van der Waals surface area contributed by atoms with Crippen molar-refractivity contribution in [1.29, 1.82) is 0 Å². The highest BCUT2D eigenvalue weighted by Gasteiger charge is 2.25. The van der Waals surface area contributed by atoms with E-state index in [-0.39, 0.29) is 23.8 Å². The highest BCUT2D eigenvalue weighted by molar-refractivity contribution is 7.12. The largest absolute Gasteiger partial charge is 0.352 e. The van der Waals surface area contributed by atoms with E-state index in [1.54, 1.807) is 6.07 Å². The summed E-state index contributed by atoms with van der Waals surface area (Å²) in [5.74, 6) is 0.384. The Morgan fingerprint density at radius 2 is 1.77 bits per heavy atom. The fourth-order valence-corrected chi connectivity index (χ4v) is 2.77. The average molecular weight is 324 g/mol. The fraction of sp³-hybridized carbons (Fsp3) is 0.647. The topological polar surface area (TPSA) is 58.2 Å². The second-order valence-electron chi connectivity index (χ2n) is 6.55. The van der Waals surface area contributed by atoms with Crippen LogP contribution in [0.25, 0.3) is 0 Å². The third-order valence-electron chi connectivity index (χ3n) is 3.55. The molecule has 0 aliphatic carbocycles. The minimum absolute atomic E-state index is 0.0428. The molecule has 1 rings (SSSR count). The highest BCUT2D eigenvalue weighted by atomic mass is 32.1. The Kier molecular flexibility index (Phi) is 7.59. The Morgan fingerprint density at radius 3 is 2.27 bits per heavy atom. The molecule has 5 heteroatoms. The predicted molar refractivity (Wildman–Crippen MR) is 92.1 cm³/mol. The van der Waals surface area contributed by atoms with Crippen LogP contribution in [0, 0.1) is 11.8 Å². The third-order valence-corrected chi connectivity index (χ3v) is 4.42. The molecule has 124 valence electrons. The molecule has 22 heavy (non-hydrogen) atoms. The van der Waals surface area contributed by atoms with Gasteiger partial charge in [0.15, 0.2) is 0 Å². The minimum Gasteiger partial charge on any atom is -0.352 e. The summed E-state index contributed by atoms with van der Waals surface area (Å²) in [6, 6.07) is 3.21. The first-order valence-electron chi connectivity index (χ1n) is 7.96. The molecular weight excluding hydrogens is 296 g/mol. The van der Waals surface area contributed by atoms with Crippen LogP contribution < -0.4 is 10.6 Å². The monoisotopic (exact) mass is 324 g/mol. The van der Waals surface area contributed by atoms with Gasteiger partial charge in [0.2, 0.25) is 5.91 Å². The van der Waals surface area contributed by atoms with Crippen LogP contribution in [0.3, 0.4) is 0 Å². The lowest BCUT2D eigenvalue weighted by molar-refractivity contribution is -0.124. The second-order valence-corrected chi connectivity index (χ2v) is 7.50. The molecule has 2 atom stereocenters. The van der Waals surface area contributed by atoms with Gasteiger partial charge < -0.3 is 10.6 Å². The molecule has 1 heterocycles. The Hall–Kier alpha value is -1.36. The van der Waals surface area contributed by atoms with Gasteiger partial charge in [0.05, 0.1) is 4.88 Å². The van der Waals surface area contributed by atoms with Gasteiger partial charge in [0.25, 0.3) is 5.91 Å². The number of amides is 2. The number of carbonyl (C=O) groups is 2. The third kappa shape index (κ3) is 6.18. The second kappa shape index (κ2) is 8.93. The number of hydrogen-bond acceptors (Lipinski definition) is 3. The molecule has 0 saturated carbocycles. The number of thiophene rings is 1. The molecular formula is C17H28N2O2S. The van der Waals surface area contributed by atoms with E-state index < -0.39 is 6.04 Å². The molecule has 1 aromatic rings. The van der Waals surface area contributed by atoms with Gasteiger partial charge in [-0.1, -0.05) is 33.8 Å². The van der Waals surface area contributed by atoms with E-state index in [4.69, 9.17) is 0 Å². The number of rotatable bonds is 8. The Labute approximate surface area is 137 Å². The molecule has 4 nitrogen and oxygen atoms in total. The average Bonchev–Trinajstić information content (AvgIpc) is 2.95. The maximum absolute atomic E-state index is 12.4. The van der Waals surface area contributed by atoms with Crippen molar-refractivity contribution < 1.29 is 9.59 Å². The molecule has 1 aromatic heterocycles. The summed E-state index contributed by atoms with van der Waals surface area (Å²) in [6.45, 7) is 10.2. The van der Waals surface area contributed by atoms with Crippen molar-refractivity contribution >= 4 is 23.2 Å². The van der Waals surface area contributed by atoms with Gasteiger partial charge in [-0.3, -0.25) is 9.59 Å². The van der Waals surface area contributed by atoms with Crippen LogP contribution in [-0.2, 0) is 4.79 Å². The first kappa shape index (κ1) is 18.7. The van der Waals surface area contributed by atoms with E-state index in [0.29, 0.717) is 10.8 Å². The Bertz CT molecular complexity index is 469. The fourth-order valence-electron chi connectivity index (χ4n) is 2.14. The molecule has 0 aromatic carbocycles. The van der Waals surface area contributed by atoms with E-state index >= 15 is 0 Å². The van der Waals surface area contributed by atoms with Crippen LogP contribution in [0.4, 0.5) is 0 Å².